The maximum atomic E-state index is 13.1. The monoisotopic (exact) mass is 432 g/mol. The summed E-state index contributed by atoms with van der Waals surface area (Å²) in [4.78, 5) is 27.3. The van der Waals surface area contributed by atoms with E-state index in [1.165, 1.54) is 0 Å². The van der Waals surface area contributed by atoms with Gasteiger partial charge in [-0.2, -0.15) is 0 Å². The summed E-state index contributed by atoms with van der Waals surface area (Å²) < 4.78 is 5.83. The number of nitrogens with zero attached hydrogens (tertiary/aromatic N) is 2. The van der Waals surface area contributed by atoms with E-state index in [1.54, 1.807) is 24.8 Å². The molecule has 142 valence electrons. The van der Waals surface area contributed by atoms with E-state index >= 15 is 0 Å². The van der Waals surface area contributed by atoms with Crippen molar-refractivity contribution in [1.82, 2.24) is 15.4 Å². The molecule has 8 heteroatoms. The van der Waals surface area contributed by atoms with E-state index < -0.39 is 6.04 Å². The third-order valence-electron chi connectivity index (χ3n) is 4.37. The summed E-state index contributed by atoms with van der Waals surface area (Å²) in [5.74, 6) is 0.605. The molecule has 27 heavy (non-hydrogen) atoms. The number of carbonyl (C=O) groups is 2. The maximum absolute atomic E-state index is 13.1. The molecular formula is C19H21BrN4O3. The molecule has 3 amide bonds. The smallest absolute Gasteiger partial charge is 0.322 e. The number of halogens is 1. The second-order valence-electron chi connectivity index (χ2n) is 6.33. The van der Waals surface area contributed by atoms with Crippen molar-refractivity contribution in [2.45, 2.75) is 33.2 Å². The molecule has 0 unspecified atom stereocenters. The van der Waals surface area contributed by atoms with E-state index in [0.717, 1.165) is 16.5 Å². The Labute approximate surface area is 165 Å². The molecule has 7 nitrogen and oxygen atoms in total. The van der Waals surface area contributed by atoms with Crippen LogP contribution in [0.25, 0.3) is 0 Å². The zero-order valence-corrected chi connectivity index (χ0v) is 17.0. The Bertz CT molecular complexity index is 906. The molecule has 1 aliphatic rings. The van der Waals surface area contributed by atoms with Crippen molar-refractivity contribution >= 4 is 33.7 Å². The lowest BCUT2D eigenvalue weighted by Crippen LogP contribution is -2.48. The minimum atomic E-state index is -0.575. The second-order valence-corrected chi connectivity index (χ2v) is 7.19. The van der Waals surface area contributed by atoms with Gasteiger partial charge in [-0.3, -0.25) is 9.69 Å². The van der Waals surface area contributed by atoms with Gasteiger partial charge in [0.1, 0.15) is 5.76 Å². The number of hydrogen-bond acceptors (Lipinski definition) is 4. The molecule has 1 aromatic carbocycles. The van der Waals surface area contributed by atoms with Gasteiger partial charge in [-0.15, -0.1) is 0 Å². The van der Waals surface area contributed by atoms with Crippen molar-refractivity contribution in [3.05, 3.63) is 57.4 Å². The molecule has 1 aliphatic heterocycles. The first-order valence-corrected chi connectivity index (χ1v) is 9.49. The fourth-order valence-corrected chi connectivity index (χ4v) is 3.63. The van der Waals surface area contributed by atoms with Crippen LogP contribution in [0, 0.1) is 6.92 Å². The van der Waals surface area contributed by atoms with Gasteiger partial charge in [-0.1, -0.05) is 46.2 Å². The number of amides is 3. The van der Waals surface area contributed by atoms with Crippen LogP contribution in [-0.4, -0.2) is 28.5 Å². The number of allylic oxidation sites excluding steroid dienone is 1. The number of aromatic nitrogens is 1. The lowest BCUT2D eigenvalue weighted by molar-refractivity contribution is -0.113. The molecule has 0 spiro atoms. The van der Waals surface area contributed by atoms with Gasteiger partial charge in [0, 0.05) is 22.8 Å². The summed E-state index contributed by atoms with van der Waals surface area (Å²) in [6.45, 7) is 6.06. The number of hydrogen-bond donors (Lipinski definition) is 2. The van der Waals surface area contributed by atoms with Crippen LogP contribution < -0.4 is 10.6 Å². The van der Waals surface area contributed by atoms with Gasteiger partial charge in [-0.25, -0.2) is 4.79 Å². The van der Waals surface area contributed by atoms with Crippen molar-refractivity contribution in [2.75, 3.05) is 11.9 Å². The summed E-state index contributed by atoms with van der Waals surface area (Å²) in [5.41, 5.74) is 1.90. The summed E-state index contributed by atoms with van der Waals surface area (Å²) in [5, 5.41) is 9.54. The summed E-state index contributed by atoms with van der Waals surface area (Å²) in [6, 6.07) is 8.37. The Morgan fingerprint density at radius 1 is 1.37 bits per heavy atom. The highest BCUT2D eigenvalue weighted by molar-refractivity contribution is 9.10. The zero-order valence-electron chi connectivity index (χ0n) is 15.4. The average Bonchev–Trinajstić information content (AvgIpc) is 3.03. The zero-order chi connectivity index (χ0) is 19.6. The summed E-state index contributed by atoms with van der Waals surface area (Å²) >= 11 is 3.52. The largest absolute Gasteiger partial charge is 0.360 e. The van der Waals surface area contributed by atoms with E-state index in [4.69, 9.17) is 4.52 Å². The van der Waals surface area contributed by atoms with Gasteiger partial charge in [0.05, 0.1) is 11.6 Å². The minimum Gasteiger partial charge on any atom is -0.360 e. The van der Waals surface area contributed by atoms with Crippen molar-refractivity contribution in [1.29, 1.82) is 0 Å². The SMILES string of the molecule is CCCN1C(=O)N[C@@H](c2ccccc2Br)C(C(=O)Nc2cc(C)on2)=C1C. The lowest BCUT2D eigenvalue weighted by Gasteiger charge is -2.35. The second kappa shape index (κ2) is 7.96. The molecule has 3 rings (SSSR count). The molecule has 0 aliphatic carbocycles. The van der Waals surface area contributed by atoms with Gasteiger partial charge in [0.25, 0.3) is 5.91 Å². The van der Waals surface area contributed by atoms with Crippen LogP contribution in [0.2, 0.25) is 0 Å². The molecule has 0 fully saturated rings. The van der Waals surface area contributed by atoms with E-state index in [0.29, 0.717) is 29.4 Å². The van der Waals surface area contributed by atoms with Crippen LogP contribution >= 0.6 is 15.9 Å². The van der Waals surface area contributed by atoms with Crippen molar-refractivity contribution < 1.29 is 14.1 Å². The highest BCUT2D eigenvalue weighted by Gasteiger charge is 2.36. The van der Waals surface area contributed by atoms with E-state index in [1.807, 2.05) is 31.2 Å². The van der Waals surface area contributed by atoms with E-state index in [9.17, 15) is 9.59 Å². The average molecular weight is 433 g/mol. The fraction of sp³-hybridized carbons (Fsp3) is 0.316. The standard InChI is InChI=1S/C19H21BrN4O3/c1-4-9-24-12(3)16(18(25)21-15-10-11(2)27-23-15)17(22-19(24)26)13-7-5-6-8-14(13)20/h5-8,10,17H,4,9H2,1-3H3,(H,22,26)(H,21,23,25)/t17-/m0/s1. The third-order valence-corrected chi connectivity index (χ3v) is 5.10. The first-order valence-electron chi connectivity index (χ1n) is 8.70. The minimum absolute atomic E-state index is 0.219. The topological polar surface area (TPSA) is 87.5 Å². The first-order chi connectivity index (χ1) is 12.9. The van der Waals surface area contributed by atoms with Crippen molar-refractivity contribution in [3.8, 4) is 0 Å². The van der Waals surface area contributed by atoms with E-state index in [2.05, 4.69) is 31.7 Å². The Kier molecular flexibility index (Phi) is 5.65. The molecule has 2 N–H and O–H groups in total. The number of rotatable bonds is 5. The van der Waals surface area contributed by atoms with Crippen LogP contribution in [0.5, 0.6) is 0 Å². The number of nitrogens with one attached hydrogen (secondary N) is 2. The highest BCUT2D eigenvalue weighted by Crippen LogP contribution is 2.34. The van der Waals surface area contributed by atoms with Crippen LogP contribution in [-0.2, 0) is 4.79 Å². The number of benzene rings is 1. The maximum Gasteiger partial charge on any atom is 0.322 e. The Hall–Kier alpha value is -2.61. The molecular weight excluding hydrogens is 412 g/mol. The molecule has 0 bridgehead atoms. The lowest BCUT2D eigenvalue weighted by atomic mass is 9.94. The van der Waals surface area contributed by atoms with Crippen LogP contribution in [0.1, 0.15) is 37.6 Å². The highest BCUT2D eigenvalue weighted by atomic mass is 79.9. The number of aryl methyl sites for hydroxylation is 1. The van der Waals surface area contributed by atoms with Crippen LogP contribution in [0.4, 0.5) is 10.6 Å². The molecule has 2 aromatic rings. The molecule has 0 radical (unpaired) electrons. The molecule has 1 aromatic heterocycles. The summed E-state index contributed by atoms with van der Waals surface area (Å²) in [6.07, 6.45) is 0.780. The number of anilines is 1. The van der Waals surface area contributed by atoms with Crippen molar-refractivity contribution in [3.63, 3.8) is 0 Å². The quantitative estimate of drug-likeness (QED) is 0.742. The number of carbonyl (C=O) groups excluding carboxylic acids is 2. The van der Waals surface area contributed by atoms with E-state index in [-0.39, 0.29) is 11.9 Å². The predicted molar refractivity (Wildman–Crippen MR) is 105 cm³/mol. The normalized spacial score (nSPS) is 17.1. The van der Waals surface area contributed by atoms with Gasteiger partial charge < -0.3 is 15.2 Å². The van der Waals surface area contributed by atoms with Gasteiger partial charge in [0.15, 0.2) is 5.82 Å². The molecule has 0 saturated carbocycles. The molecule has 1 atom stereocenters. The van der Waals surface area contributed by atoms with Crippen molar-refractivity contribution in [2.24, 2.45) is 0 Å². The Balaban J connectivity index is 2.04. The number of urea groups is 1. The Morgan fingerprint density at radius 2 is 2.11 bits per heavy atom. The van der Waals surface area contributed by atoms with Gasteiger partial charge in [0.2, 0.25) is 0 Å². The molecule has 0 saturated heterocycles. The first kappa shape index (κ1) is 19.2. The van der Waals surface area contributed by atoms with Gasteiger partial charge >= 0.3 is 6.03 Å². The Morgan fingerprint density at radius 3 is 2.74 bits per heavy atom. The van der Waals surface area contributed by atoms with Crippen LogP contribution in [0.3, 0.4) is 0 Å². The molecule has 2 heterocycles. The van der Waals surface area contributed by atoms with Crippen LogP contribution in [0.15, 0.2) is 50.6 Å². The summed E-state index contributed by atoms with van der Waals surface area (Å²) in [7, 11) is 0. The third kappa shape index (κ3) is 3.90. The van der Waals surface area contributed by atoms with Gasteiger partial charge in [-0.05, 0) is 31.9 Å². The predicted octanol–water partition coefficient (Wildman–Crippen LogP) is 4.13. The fourth-order valence-electron chi connectivity index (χ4n) is 3.12.